The van der Waals surface area contributed by atoms with Crippen molar-refractivity contribution in [1.29, 1.82) is 0 Å². The Bertz CT molecular complexity index is 449. The number of hydrogen-bond donors (Lipinski definition) is 2. The highest BCUT2D eigenvalue weighted by Gasteiger charge is 2.40. The lowest BCUT2D eigenvalue weighted by Crippen LogP contribution is -2.28. The second-order valence-corrected chi connectivity index (χ2v) is 7.43. The number of aliphatic hydroxyl groups excluding tert-OH is 1. The zero-order chi connectivity index (χ0) is 14.5. The summed E-state index contributed by atoms with van der Waals surface area (Å²) in [6, 6.07) is 8.23. The van der Waals surface area contributed by atoms with E-state index in [9.17, 15) is 15.0 Å². The largest absolute Gasteiger partial charge is 0.481 e. The molecule has 20 heavy (non-hydrogen) atoms. The number of benzene rings is 1. The fourth-order valence-corrected chi connectivity index (χ4v) is 4.54. The second-order valence-electron chi connectivity index (χ2n) is 5.17. The van der Waals surface area contributed by atoms with Crippen molar-refractivity contribution in [2.45, 2.75) is 24.5 Å². The van der Waals surface area contributed by atoms with Crippen molar-refractivity contribution in [2.75, 3.05) is 12.4 Å². The molecule has 0 aromatic heterocycles. The summed E-state index contributed by atoms with van der Waals surface area (Å²) in [5, 5.41) is 18.7. The van der Waals surface area contributed by atoms with Crippen LogP contribution in [-0.4, -0.2) is 33.8 Å². The van der Waals surface area contributed by atoms with Crippen molar-refractivity contribution in [3.8, 4) is 0 Å². The Balaban J connectivity index is 1.84. The molecule has 1 fully saturated rings. The van der Waals surface area contributed by atoms with Crippen molar-refractivity contribution in [3.63, 3.8) is 0 Å². The molecule has 0 heterocycles. The van der Waals surface area contributed by atoms with Crippen LogP contribution in [0.15, 0.2) is 28.7 Å². The molecule has 3 nitrogen and oxygen atoms in total. The fraction of sp³-hybridized carbons (Fsp3) is 0.533. The van der Waals surface area contributed by atoms with E-state index in [1.54, 1.807) is 11.8 Å². The molecule has 0 bridgehead atoms. The van der Waals surface area contributed by atoms with Gasteiger partial charge in [0.2, 0.25) is 0 Å². The highest BCUT2D eigenvalue weighted by Crippen LogP contribution is 2.39. The summed E-state index contributed by atoms with van der Waals surface area (Å²) in [5.41, 5.74) is 1.27. The molecule has 0 amide bonds. The highest BCUT2D eigenvalue weighted by atomic mass is 79.9. The number of aliphatic carboxylic acids is 1. The molecule has 5 heteroatoms. The summed E-state index contributed by atoms with van der Waals surface area (Å²) < 4.78 is 1.07. The van der Waals surface area contributed by atoms with Gasteiger partial charge in [0.25, 0.3) is 0 Å². The average molecular weight is 359 g/mol. The van der Waals surface area contributed by atoms with Crippen LogP contribution in [0.5, 0.6) is 0 Å². The van der Waals surface area contributed by atoms with Crippen LogP contribution in [-0.2, 0) is 11.2 Å². The quantitative estimate of drug-likeness (QED) is 0.819. The van der Waals surface area contributed by atoms with Crippen molar-refractivity contribution >= 4 is 33.7 Å². The maximum Gasteiger partial charge on any atom is 0.307 e. The molecule has 110 valence electrons. The highest BCUT2D eigenvalue weighted by molar-refractivity contribution is 9.10. The molecule has 3 atom stereocenters. The summed E-state index contributed by atoms with van der Waals surface area (Å²) in [6.07, 6.45) is 2.67. The summed E-state index contributed by atoms with van der Waals surface area (Å²) in [5.74, 6) is -0.302. The number of aliphatic hydroxyl groups is 1. The van der Waals surface area contributed by atoms with Crippen LogP contribution in [0.1, 0.15) is 18.4 Å². The first kappa shape index (κ1) is 15.9. The molecular weight excluding hydrogens is 340 g/mol. The van der Waals surface area contributed by atoms with Gasteiger partial charge < -0.3 is 10.2 Å². The minimum Gasteiger partial charge on any atom is -0.481 e. The number of thioether (sulfide) groups is 1. The number of aryl methyl sites for hydroxylation is 1. The van der Waals surface area contributed by atoms with Gasteiger partial charge in [-0.3, -0.25) is 4.79 Å². The molecule has 1 saturated carbocycles. The van der Waals surface area contributed by atoms with Crippen LogP contribution in [0, 0.1) is 11.8 Å². The van der Waals surface area contributed by atoms with E-state index >= 15 is 0 Å². The third-order valence-electron chi connectivity index (χ3n) is 3.89. The van der Waals surface area contributed by atoms with E-state index in [0.717, 1.165) is 29.5 Å². The summed E-state index contributed by atoms with van der Waals surface area (Å²) in [7, 11) is 0. The van der Waals surface area contributed by atoms with Gasteiger partial charge in [0.1, 0.15) is 0 Å². The Kier molecular flexibility index (Phi) is 5.93. The molecule has 2 rings (SSSR count). The predicted molar refractivity (Wildman–Crippen MR) is 85.0 cm³/mol. The van der Waals surface area contributed by atoms with Crippen molar-refractivity contribution in [3.05, 3.63) is 34.3 Å². The van der Waals surface area contributed by atoms with E-state index in [-0.39, 0.29) is 17.8 Å². The van der Waals surface area contributed by atoms with Crippen LogP contribution >= 0.6 is 27.7 Å². The Hall–Kier alpha value is -0.520. The van der Waals surface area contributed by atoms with E-state index < -0.39 is 11.9 Å². The van der Waals surface area contributed by atoms with E-state index in [4.69, 9.17) is 0 Å². The Morgan fingerprint density at radius 2 is 2.00 bits per heavy atom. The van der Waals surface area contributed by atoms with Gasteiger partial charge in [-0.15, -0.1) is 0 Å². The maximum absolute atomic E-state index is 11.3. The molecule has 0 aliphatic heterocycles. The minimum absolute atomic E-state index is 0.0132. The first-order chi connectivity index (χ1) is 9.61. The number of hydrogen-bond acceptors (Lipinski definition) is 3. The normalized spacial score (nSPS) is 25.8. The minimum atomic E-state index is -0.761. The van der Waals surface area contributed by atoms with Gasteiger partial charge in [0.05, 0.1) is 5.92 Å². The topological polar surface area (TPSA) is 57.5 Å². The third-order valence-corrected chi connectivity index (χ3v) is 5.81. The summed E-state index contributed by atoms with van der Waals surface area (Å²) >= 11 is 5.15. The Morgan fingerprint density at radius 1 is 1.30 bits per heavy atom. The van der Waals surface area contributed by atoms with Gasteiger partial charge in [-0.1, -0.05) is 28.1 Å². The van der Waals surface area contributed by atoms with Crippen LogP contribution in [0.25, 0.3) is 0 Å². The molecule has 1 aliphatic carbocycles. The summed E-state index contributed by atoms with van der Waals surface area (Å²) in [6.45, 7) is -0.0132. The number of carboxylic acids is 1. The van der Waals surface area contributed by atoms with Crippen molar-refractivity contribution in [1.82, 2.24) is 0 Å². The van der Waals surface area contributed by atoms with Gasteiger partial charge in [-0.05, 0) is 48.6 Å². The van der Waals surface area contributed by atoms with Crippen molar-refractivity contribution < 1.29 is 15.0 Å². The molecule has 1 aromatic rings. The maximum atomic E-state index is 11.3. The van der Waals surface area contributed by atoms with Gasteiger partial charge in [0.15, 0.2) is 0 Å². The molecule has 0 radical (unpaired) electrons. The van der Waals surface area contributed by atoms with E-state index in [1.807, 2.05) is 12.1 Å². The summed E-state index contributed by atoms with van der Waals surface area (Å²) in [4.78, 5) is 11.3. The van der Waals surface area contributed by atoms with Gasteiger partial charge in [-0.25, -0.2) is 0 Å². The molecular formula is C15H19BrO3S. The van der Waals surface area contributed by atoms with Crippen LogP contribution in [0.4, 0.5) is 0 Å². The fourth-order valence-electron chi connectivity index (χ4n) is 2.77. The monoisotopic (exact) mass is 358 g/mol. The Labute approximate surface area is 131 Å². The lowest BCUT2D eigenvalue weighted by Gasteiger charge is -2.19. The average Bonchev–Trinajstić information content (AvgIpc) is 2.84. The predicted octanol–water partition coefficient (Wildman–Crippen LogP) is 3.20. The molecule has 0 saturated heterocycles. The van der Waals surface area contributed by atoms with E-state index in [2.05, 4.69) is 28.1 Å². The molecule has 0 spiro atoms. The van der Waals surface area contributed by atoms with Gasteiger partial charge in [0, 0.05) is 16.3 Å². The van der Waals surface area contributed by atoms with Crippen LogP contribution < -0.4 is 0 Å². The van der Waals surface area contributed by atoms with E-state index in [0.29, 0.717) is 0 Å². The first-order valence-corrected chi connectivity index (χ1v) is 8.65. The smallest absolute Gasteiger partial charge is 0.307 e. The number of carboxylic acid groups (broad SMARTS) is 1. The number of rotatable bonds is 6. The molecule has 1 aromatic carbocycles. The number of carbonyl (C=O) groups is 1. The van der Waals surface area contributed by atoms with Crippen LogP contribution in [0.3, 0.4) is 0 Å². The molecule has 0 unspecified atom stereocenters. The van der Waals surface area contributed by atoms with Crippen LogP contribution in [0.2, 0.25) is 0 Å². The standard InChI is InChI=1S/C15H19BrO3S/c16-12-4-1-10(2-5-12)7-8-20-13-6-3-11(9-17)14(13)15(18)19/h1-2,4-5,11,13-14,17H,3,6-9H2,(H,18,19)/t11-,13-,14-/m1/s1. The number of halogens is 1. The Morgan fingerprint density at radius 3 is 2.60 bits per heavy atom. The zero-order valence-electron chi connectivity index (χ0n) is 11.2. The SMILES string of the molecule is O=C(O)[C@@H]1[C@@H](CO)CC[C@H]1SCCc1ccc(Br)cc1. The lowest BCUT2D eigenvalue weighted by molar-refractivity contribution is -0.143. The second kappa shape index (κ2) is 7.48. The van der Waals surface area contributed by atoms with E-state index in [1.165, 1.54) is 5.56 Å². The first-order valence-electron chi connectivity index (χ1n) is 6.81. The van der Waals surface area contributed by atoms with Gasteiger partial charge in [-0.2, -0.15) is 11.8 Å². The molecule has 2 N–H and O–H groups in total. The zero-order valence-corrected chi connectivity index (χ0v) is 13.6. The lowest BCUT2D eigenvalue weighted by atomic mass is 9.97. The third kappa shape index (κ3) is 3.99. The van der Waals surface area contributed by atoms with Gasteiger partial charge >= 0.3 is 5.97 Å². The molecule has 1 aliphatic rings. The van der Waals surface area contributed by atoms with Crippen molar-refractivity contribution in [2.24, 2.45) is 11.8 Å².